The fourth-order valence-corrected chi connectivity index (χ4v) is 1.77. The summed E-state index contributed by atoms with van der Waals surface area (Å²) in [7, 11) is 0. The Morgan fingerprint density at radius 1 is 1.26 bits per heavy atom. The highest BCUT2D eigenvalue weighted by Crippen LogP contribution is 2.23. The number of para-hydroxylation sites is 1. The van der Waals surface area contributed by atoms with Crippen LogP contribution >= 0.6 is 11.6 Å². The summed E-state index contributed by atoms with van der Waals surface area (Å²) in [5.41, 5.74) is 1.38. The van der Waals surface area contributed by atoms with Gasteiger partial charge in [-0.1, -0.05) is 29.8 Å². The molecular weight excluding hydrogens is 269 g/mol. The predicted octanol–water partition coefficient (Wildman–Crippen LogP) is 4.40. The van der Waals surface area contributed by atoms with Crippen molar-refractivity contribution in [2.24, 2.45) is 0 Å². The van der Waals surface area contributed by atoms with E-state index in [4.69, 9.17) is 16.3 Å². The largest absolute Gasteiger partial charge is 0.417 e. The van der Waals surface area contributed by atoms with Gasteiger partial charge >= 0.3 is 6.09 Å². The molecule has 1 amide bonds. The number of nitrogens with one attached hydrogen (secondary N) is 1. The lowest BCUT2D eigenvalue weighted by molar-refractivity contribution is 0.213. The first kappa shape index (κ1) is 13.4. The van der Waals surface area contributed by atoms with Crippen molar-refractivity contribution < 1.29 is 13.9 Å². The molecule has 0 radical (unpaired) electrons. The first-order valence-corrected chi connectivity index (χ1v) is 5.93. The fourth-order valence-electron chi connectivity index (χ4n) is 1.48. The zero-order chi connectivity index (χ0) is 13.8. The normalized spacial score (nSPS) is 10.1. The molecule has 2 aromatic carbocycles. The van der Waals surface area contributed by atoms with E-state index in [2.05, 4.69) is 5.32 Å². The number of ether oxygens (including phenoxy) is 1. The molecule has 19 heavy (non-hydrogen) atoms. The minimum absolute atomic E-state index is 0.136. The lowest BCUT2D eigenvalue weighted by atomic mass is 10.2. The monoisotopic (exact) mass is 279 g/mol. The van der Waals surface area contributed by atoms with Crippen LogP contribution in [0.3, 0.4) is 0 Å². The van der Waals surface area contributed by atoms with E-state index in [0.29, 0.717) is 10.7 Å². The van der Waals surface area contributed by atoms with E-state index < -0.39 is 11.9 Å². The van der Waals surface area contributed by atoms with E-state index in [1.54, 1.807) is 24.3 Å². The molecule has 2 rings (SSSR count). The van der Waals surface area contributed by atoms with Gasteiger partial charge in [-0.2, -0.15) is 0 Å². The van der Waals surface area contributed by atoms with Crippen LogP contribution < -0.4 is 10.1 Å². The first-order valence-electron chi connectivity index (χ1n) is 5.56. The van der Waals surface area contributed by atoms with E-state index in [1.807, 2.05) is 6.92 Å². The molecule has 98 valence electrons. The summed E-state index contributed by atoms with van der Waals surface area (Å²) < 4.78 is 18.1. The van der Waals surface area contributed by atoms with Gasteiger partial charge in [0.2, 0.25) is 0 Å². The van der Waals surface area contributed by atoms with Crippen molar-refractivity contribution in [3.05, 3.63) is 58.9 Å². The molecule has 0 heterocycles. The Hall–Kier alpha value is -2.07. The lowest BCUT2D eigenvalue weighted by Crippen LogP contribution is -2.17. The average Bonchev–Trinajstić information content (AvgIpc) is 2.36. The van der Waals surface area contributed by atoms with E-state index in [1.165, 1.54) is 18.2 Å². The topological polar surface area (TPSA) is 38.3 Å². The van der Waals surface area contributed by atoms with Crippen LogP contribution in [0.25, 0.3) is 0 Å². The number of hydrogen-bond donors (Lipinski definition) is 1. The van der Waals surface area contributed by atoms with Crippen LogP contribution in [-0.4, -0.2) is 6.09 Å². The number of aryl methyl sites for hydroxylation is 1. The third kappa shape index (κ3) is 3.45. The van der Waals surface area contributed by atoms with Gasteiger partial charge in [-0.25, -0.2) is 9.18 Å². The minimum atomic E-state index is -0.796. The molecular formula is C14H11ClFNO2. The highest BCUT2D eigenvalue weighted by atomic mass is 35.5. The highest BCUT2D eigenvalue weighted by molar-refractivity contribution is 6.33. The molecule has 0 spiro atoms. The van der Waals surface area contributed by atoms with Crippen molar-refractivity contribution in [2.45, 2.75) is 6.92 Å². The minimum Gasteiger partial charge on any atom is -0.407 e. The van der Waals surface area contributed by atoms with Gasteiger partial charge in [-0.3, -0.25) is 5.32 Å². The van der Waals surface area contributed by atoms with Crippen LogP contribution in [0.5, 0.6) is 5.75 Å². The second-order valence-corrected chi connectivity index (χ2v) is 4.34. The second-order valence-electron chi connectivity index (χ2n) is 3.93. The van der Waals surface area contributed by atoms with Crippen LogP contribution in [0.4, 0.5) is 14.9 Å². The summed E-state index contributed by atoms with van der Waals surface area (Å²) in [4.78, 5) is 11.6. The molecule has 2 aromatic rings. The first-order chi connectivity index (χ1) is 9.06. The summed E-state index contributed by atoms with van der Waals surface area (Å²) in [6.45, 7) is 1.88. The van der Waals surface area contributed by atoms with Gasteiger partial charge in [0, 0.05) is 0 Å². The molecule has 0 aliphatic heterocycles. The number of amides is 1. The molecule has 0 saturated carbocycles. The molecule has 0 atom stereocenters. The van der Waals surface area contributed by atoms with E-state index in [9.17, 15) is 9.18 Å². The van der Waals surface area contributed by atoms with E-state index in [-0.39, 0.29) is 5.75 Å². The smallest absolute Gasteiger partial charge is 0.407 e. The molecule has 0 aliphatic rings. The van der Waals surface area contributed by atoms with Crippen LogP contribution in [0.1, 0.15) is 5.56 Å². The SMILES string of the molecule is Cc1ccc(NC(=O)Oc2ccccc2F)c(Cl)c1. The molecule has 0 bridgehead atoms. The molecule has 0 saturated heterocycles. The van der Waals surface area contributed by atoms with Crippen LogP contribution in [0.2, 0.25) is 5.02 Å². The van der Waals surface area contributed by atoms with Crippen LogP contribution in [0.15, 0.2) is 42.5 Å². The van der Waals surface area contributed by atoms with E-state index in [0.717, 1.165) is 5.56 Å². The van der Waals surface area contributed by atoms with Gasteiger partial charge in [0.25, 0.3) is 0 Å². The maximum Gasteiger partial charge on any atom is 0.417 e. The Morgan fingerprint density at radius 3 is 2.68 bits per heavy atom. The molecule has 3 nitrogen and oxygen atoms in total. The summed E-state index contributed by atoms with van der Waals surface area (Å²) in [5, 5.41) is 2.85. The number of halogens is 2. The number of anilines is 1. The summed E-state index contributed by atoms with van der Waals surface area (Å²) in [6, 6.07) is 10.8. The van der Waals surface area contributed by atoms with Crippen LogP contribution in [-0.2, 0) is 0 Å². The zero-order valence-corrected chi connectivity index (χ0v) is 10.9. The number of benzene rings is 2. The third-order valence-electron chi connectivity index (χ3n) is 2.40. The van der Waals surface area contributed by atoms with Crippen molar-refractivity contribution in [3.63, 3.8) is 0 Å². The third-order valence-corrected chi connectivity index (χ3v) is 2.71. The fraction of sp³-hybridized carbons (Fsp3) is 0.0714. The van der Waals surface area contributed by atoms with E-state index >= 15 is 0 Å². The lowest BCUT2D eigenvalue weighted by Gasteiger charge is -2.09. The Balaban J connectivity index is 2.08. The summed E-state index contributed by atoms with van der Waals surface area (Å²) >= 11 is 5.96. The molecule has 0 unspecified atom stereocenters. The van der Waals surface area contributed by atoms with Gasteiger partial charge in [0.15, 0.2) is 11.6 Å². The Bertz CT molecular complexity index is 616. The van der Waals surface area contributed by atoms with Gasteiger partial charge in [0.1, 0.15) is 0 Å². The van der Waals surface area contributed by atoms with Crippen molar-refractivity contribution >= 4 is 23.4 Å². The Morgan fingerprint density at radius 2 is 2.00 bits per heavy atom. The average molecular weight is 280 g/mol. The molecule has 1 N–H and O–H groups in total. The standard InChI is InChI=1S/C14H11ClFNO2/c1-9-6-7-12(10(15)8-9)17-14(18)19-13-5-3-2-4-11(13)16/h2-8H,1H3,(H,17,18). The Kier molecular flexibility index (Phi) is 4.02. The van der Waals surface area contributed by atoms with Gasteiger partial charge in [0.05, 0.1) is 10.7 Å². The molecule has 0 fully saturated rings. The molecule has 0 aliphatic carbocycles. The zero-order valence-electron chi connectivity index (χ0n) is 10.1. The Labute approximate surface area is 115 Å². The maximum absolute atomic E-state index is 13.3. The second kappa shape index (κ2) is 5.71. The van der Waals surface area contributed by atoms with Gasteiger partial charge < -0.3 is 4.74 Å². The number of carbonyl (C=O) groups excluding carboxylic acids is 1. The van der Waals surface area contributed by atoms with Gasteiger partial charge in [-0.05, 0) is 36.8 Å². The summed E-state index contributed by atoms with van der Waals surface area (Å²) in [5.74, 6) is -0.740. The quantitative estimate of drug-likeness (QED) is 0.885. The molecule has 0 aromatic heterocycles. The van der Waals surface area contributed by atoms with Gasteiger partial charge in [-0.15, -0.1) is 0 Å². The van der Waals surface area contributed by atoms with Crippen molar-refractivity contribution in [1.82, 2.24) is 0 Å². The predicted molar refractivity (Wildman–Crippen MR) is 72.2 cm³/mol. The van der Waals surface area contributed by atoms with Crippen molar-refractivity contribution in [1.29, 1.82) is 0 Å². The van der Waals surface area contributed by atoms with Crippen molar-refractivity contribution in [3.8, 4) is 5.75 Å². The highest BCUT2D eigenvalue weighted by Gasteiger charge is 2.10. The van der Waals surface area contributed by atoms with Crippen LogP contribution in [0, 0.1) is 12.7 Å². The molecule has 5 heteroatoms. The number of rotatable bonds is 2. The maximum atomic E-state index is 13.3. The number of hydrogen-bond acceptors (Lipinski definition) is 2. The summed E-state index contributed by atoms with van der Waals surface area (Å²) in [6.07, 6.45) is -0.796. The number of carbonyl (C=O) groups is 1. The van der Waals surface area contributed by atoms with Crippen molar-refractivity contribution in [2.75, 3.05) is 5.32 Å².